The SMILES string of the molecule is COc1cc(C[PH](c2ccccc2)(c2ccccc2)c2ccccc2)cc(C)c1C. The summed E-state index contributed by atoms with van der Waals surface area (Å²) in [6.07, 6.45) is 0.989. The molecule has 0 spiro atoms. The zero-order valence-electron chi connectivity index (χ0n) is 17.9. The van der Waals surface area contributed by atoms with Crippen LogP contribution in [0.1, 0.15) is 16.7 Å². The van der Waals surface area contributed by atoms with Crippen LogP contribution in [0.15, 0.2) is 103 Å². The normalized spacial score (nSPS) is 11.8. The predicted molar refractivity (Wildman–Crippen MR) is 133 cm³/mol. The summed E-state index contributed by atoms with van der Waals surface area (Å²) in [7, 11) is -0.531. The number of benzene rings is 4. The predicted octanol–water partition coefficient (Wildman–Crippen LogP) is 5.54. The van der Waals surface area contributed by atoms with Crippen LogP contribution in [0.4, 0.5) is 0 Å². The van der Waals surface area contributed by atoms with E-state index in [1.807, 2.05) is 0 Å². The van der Waals surface area contributed by atoms with Crippen molar-refractivity contribution in [1.82, 2.24) is 0 Å². The standard InChI is InChI=1S/C28H29OP/c1-22-19-24(20-28(29-3)23(22)2)21-30(25-13-7-4-8-14-25,26-15-9-5-10-16-26)27-17-11-6-12-18-27/h4-20,30H,21H2,1-3H3. The number of aryl methyl sites for hydroxylation is 1. The van der Waals surface area contributed by atoms with Gasteiger partial charge in [-0.2, -0.15) is 0 Å². The van der Waals surface area contributed by atoms with Crippen molar-refractivity contribution >= 4 is 23.2 Å². The van der Waals surface area contributed by atoms with Gasteiger partial charge >= 0.3 is 181 Å². The summed E-state index contributed by atoms with van der Waals surface area (Å²) < 4.78 is 5.71. The number of hydrogen-bond acceptors (Lipinski definition) is 1. The van der Waals surface area contributed by atoms with Crippen LogP contribution in [-0.2, 0) is 6.16 Å². The molecule has 2 heteroatoms. The minimum atomic E-state index is -2.30. The van der Waals surface area contributed by atoms with Crippen LogP contribution in [0, 0.1) is 13.8 Å². The maximum absolute atomic E-state index is 5.71. The number of hydrogen-bond donors (Lipinski definition) is 0. The van der Waals surface area contributed by atoms with E-state index in [0.717, 1.165) is 11.9 Å². The Morgan fingerprint density at radius 3 is 1.47 bits per heavy atom. The molecule has 0 radical (unpaired) electrons. The molecule has 4 aromatic rings. The van der Waals surface area contributed by atoms with E-state index >= 15 is 0 Å². The fourth-order valence-corrected chi connectivity index (χ4v) is 9.21. The molecule has 0 heterocycles. The molecule has 4 rings (SSSR count). The molecule has 152 valence electrons. The van der Waals surface area contributed by atoms with Gasteiger partial charge < -0.3 is 0 Å². The van der Waals surface area contributed by atoms with Crippen LogP contribution < -0.4 is 20.7 Å². The van der Waals surface area contributed by atoms with Crippen molar-refractivity contribution in [2.24, 2.45) is 0 Å². The molecular formula is C28H29OP. The molecule has 0 aliphatic carbocycles. The molecule has 0 fully saturated rings. The Morgan fingerprint density at radius 2 is 1.07 bits per heavy atom. The second-order valence-electron chi connectivity index (χ2n) is 7.92. The summed E-state index contributed by atoms with van der Waals surface area (Å²) in [5.74, 6) is 0.974. The molecule has 0 bridgehead atoms. The second kappa shape index (κ2) is 8.86. The Labute approximate surface area is 180 Å². The van der Waals surface area contributed by atoms with Gasteiger partial charge in [-0.3, -0.25) is 0 Å². The first kappa shape index (κ1) is 20.4. The van der Waals surface area contributed by atoms with E-state index in [2.05, 4.69) is 117 Å². The Bertz CT molecular complexity index is 1010. The molecule has 0 saturated carbocycles. The first-order valence-corrected chi connectivity index (χ1v) is 12.7. The van der Waals surface area contributed by atoms with Crippen molar-refractivity contribution in [3.05, 3.63) is 120 Å². The van der Waals surface area contributed by atoms with Crippen LogP contribution in [0.5, 0.6) is 5.75 Å². The quantitative estimate of drug-likeness (QED) is 0.378. The van der Waals surface area contributed by atoms with Gasteiger partial charge in [-0.25, -0.2) is 0 Å². The number of ether oxygens (including phenoxy) is 1. The zero-order chi connectivity index (χ0) is 21.0. The topological polar surface area (TPSA) is 9.23 Å². The third kappa shape index (κ3) is 3.78. The maximum atomic E-state index is 5.71. The second-order valence-corrected chi connectivity index (χ2v) is 11.8. The van der Waals surface area contributed by atoms with Crippen molar-refractivity contribution in [2.75, 3.05) is 7.11 Å². The van der Waals surface area contributed by atoms with Gasteiger partial charge in [0.2, 0.25) is 0 Å². The summed E-state index contributed by atoms with van der Waals surface area (Å²) in [6, 6.07) is 37.8. The van der Waals surface area contributed by atoms with Crippen LogP contribution >= 0.6 is 7.26 Å². The summed E-state index contributed by atoms with van der Waals surface area (Å²) in [5, 5.41) is 4.29. The molecule has 1 nitrogen and oxygen atoms in total. The van der Waals surface area contributed by atoms with Gasteiger partial charge in [-0.05, 0) is 0 Å². The van der Waals surface area contributed by atoms with Crippen molar-refractivity contribution in [2.45, 2.75) is 20.0 Å². The van der Waals surface area contributed by atoms with Gasteiger partial charge in [0.05, 0.1) is 0 Å². The Kier molecular flexibility index (Phi) is 6.02. The first-order chi connectivity index (χ1) is 14.6. The number of methoxy groups -OCH3 is 1. The molecule has 0 aromatic heterocycles. The third-order valence-corrected chi connectivity index (χ3v) is 11.1. The van der Waals surface area contributed by atoms with Gasteiger partial charge in [0, 0.05) is 0 Å². The van der Waals surface area contributed by atoms with Crippen molar-refractivity contribution in [3.8, 4) is 5.75 Å². The van der Waals surface area contributed by atoms with Crippen molar-refractivity contribution < 1.29 is 4.74 Å². The number of rotatable bonds is 6. The van der Waals surface area contributed by atoms with Crippen molar-refractivity contribution in [1.29, 1.82) is 0 Å². The molecule has 30 heavy (non-hydrogen) atoms. The first-order valence-electron chi connectivity index (χ1n) is 10.5. The van der Waals surface area contributed by atoms with Gasteiger partial charge in [-0.15, -0.1) is 0 Å². The van der Waals surface area contributed by atoms with Crippen molar-refractivity contribution in [3.63, 3.8) is 0 Å². The van der Waals surface area contributed by atoms with E-state index in [1.54, 1.807) is 7.11 Å². The zero-order valence-corrected chi connectivity index (χ0v) is 18.9. The average molecular weight is 413 g/mol. The molecule has 0 aliphatic heterocycles. The summed E-state index contributed by atoms with van der Waals surface area (Å²) in [5.41, 5.74) is 3.83. The van der Waals surface area contributed by atoms with E-state index < -0.39 is 7.26 Å². The molecule has 0 N–H and O–H groups in total. The molecule has 0 amide bonds. The molecule has 4 aromatic carbocycles. The minimum absolute atomic E-state index is 0.974. The van der Waals surface area contributed by atoms with Crippen LogP contribution in [0.25, 0.3) is 0 Å². The van der Waals surface area contributed by atoms with E-state index in [0.29, 0.717) is 0 Å². The molecular weight excluding hydrogens is 383 g/mol. The van der Waals surface area contributed by atoms with Crippen LogP contribution in [0.3, 0.4) is 0 Å². The average Bonchev–Trinajstić information content (AvgIpc) is 2.81. The molecule has 0 saturated heterocycles. The molecule has 0 atom stereocenters. The fraction of sp³-hybridized carbons (Fsp3) is 0.143. The Hall–Kier alpha value is -2.89. The fourth-order valence-electron chi connectivity index (χ4n) is 4.49. The van der Waals surface area contributed by atoms with E-state index in [-0.39, 0.29) is 0 Å². The van der Waals surface area contributed by atoms with E-state index in [9.17, 15) is 0 Å². The monoisotopic (exact) mass is 412 g/mol. The molecule has 0 aliphatic rings. The molecule has 0 unspecified atom stereocenters. The van der Waals surface area contributed by atoms with E-state index in [4.69, 9.17) is 4.74 Å². The Morgan fingerprint density at radius 1 is 0.633 bits per heavy atom. The summed E-state index contributed by atoms with van der Waals surface area (Å²) >= 11 is 0. The van der Waals surface area contributed by atoms with Gasteiger partial charge in [0.25, 0.3) is 0 Å². The third-order valence-electron chi connectivity index (χ3n) is 6.17. The van der Waals surface area contributed by atoms with Gasteiger partial charge in [-0.1, -0.05) is 0 Å². The summed E-state index contributed by atoms with van der Waals surface area (Å²) in [6.45, 7) is 4.31. The summed E-state index contributed by atoms with van der Waals surface area (Å²) in [4.78, 5) is 0. The van der Waals surface area contributed by atoms with Crippen LogP contribution in [0.2, 0.25) is 0 Å². The van der Waals surface area contributed by atoms with Gasteiger partial charge in [0.15, 0.2) is 0 Å². The van der Waals surface area contributed by atoms with Crippen LogP contribution in [-0.4, -0.2) is 7.11 Å². The van der Waals surface area contributed by atoms with Gasteiger partial charge in [0.1, 0.15) is 0 Å². The Balaban J connectivity index is 2.00. The van der Waals surface area contributed by atoms with E-state index in [1.165, 1.54) is 32.6 Å².